The summed E-state index contributed by atoms with van der Waals surface area (Å²) >= 11 is 8.45. The quantitative estimate of drug-likeness (QED) is 0.820. The monoisotopic (exact) mass is 335 g/mol. The molecule has 0 saturated heterocycles. The molecule has 1 aliphatic rings. The molecule has 1 unspecified atom stereocenters. The molecule has 82 valence electrons. The summed E-state index contributed by atoms with van der Waals surface area (Å²) in [4.78, 5) is 0. The Hall–Kier alpha value is 0.200. The molecule has 0 aliphatic heterocycles. The molecule has 0 radical (unpaired) electrons. The van der Waals surface area contributed by atoms with Gasteiger partial charge in [0.05, 0.1) is 0 Å². The first-order chi connectivity index (χ1) is 7.22. The number of nitrogens with one attached hydrogen (secondary N) is 1. The lowest BCUT2D eigenvalue weighted by molar-refractivity contribution is 0.494. The topological polar surface area (TPSA) is 12.0 Å². The molecule has 3 heteroatoms. The van der Waals surface area contributed by atoms with Gasteiger partial charge in [0, 0.05) is 14.6 Å². The van der Waals surface area contributed by atoms with Crippen molar-refractivity contribution in [3.8, 4) is 0 Å². The minimum atomic E-state index is 0.501. The van der Waals surface area contributed by atoms with E-state index in [1.54, 1.807) is 0 Å². The highest BCUT2D eigenvalue weighted by molar-refractivity contribution is 14.1. The van der Waals surface area contributed by atoms with Crippen LogP contribution in [0.25, 0.3) is 0 Å². The molecule has 15 heavy (non-hydrogen) atoms. The molecule has 1 N–H and O–H groups in total. The van der Waals surface area contributed by atoms with Gasteiger partial charge in [0.2, 0.25) is 0 Å². The van der Waals surface area contributed by atoms with Gasteiger partial charge < -0.3 is 5.32 Å². The molecule has 0 amide bonds. The number of rotatable bonds is 4. The largest absolute Gasteiger partial charge is 0.310 e. The fourth-order valence-corrected chi connectivity index (χ4v) is 2.78. The van der Waals surface area contributed by atoms with E-state index in [0.29, 0.717) is 6.04 Å². The third kappa shape index (κ3) is 2.86. The van der Waals surface area contributed by atoms with Crippen LogP contribution in [0.2, 0.25) is 5.02 Å². The molecule has 1 aromatic carbocycles. The van der Waals surface area contributed by atoms with E-state index in [9.17, 15) is 0 Å². The predicted molar refractivity (Wildman–Crippen MR) is 73.3 cm³/mol. The zero-order valence-electron chi connectivity index (χ0n) is 8.76. The van der Waals surface area contributed by atoms with E-state index < -0.39 is 0 Å². The predicted octanol–water partition coefficient (Wildman–Crippen LogP) is 4.01. The van der Waals surface area contributed by atoms with Gasteiger partial charge in [0.15, 0.2) is 0 Å². The summed E-state index contributed by atoms with van der Waals surface area (Å²) < 4.78 is 1.31. The van der Waals surface area contributed by atoms with Crippen LogP contribution < -0.4 is 5.32 Å². The number of halogens is 2. The molecule has 1 nitrogen and oxygen atoms in total. The van der Waals surface area contributed by atoms with Crippen molar-refractivity contribution < 1.29 is 0 Å². The summed E-state index contributed by atoms with van der Waals surface area (Å²) in [6.45, 7) is 3.18. The Labute approximate surface area is 110 Å². The van der Waals surface area contributed by atoms with Crippen molar-refractivity contribution in [3.63, 3.8) is 0 Å². The Kier molecular flexibility index (Phi) is 3.91. The van der Waals surface area contributed by atoms with Crippen LogP contribution in [0.15, 0.2) is 18.2 Å². The molecular formula is C12H15ClIN. The summed E-state index contributed by atoms with van der Waals surface area (Å²) in [7, 11) is 0. The summed E-state index contributed by atoms with van der Waals surface area (Å²) in [6.07, 6.45) is 2.69. The first-order valence-electron chi connectivity index (χ1n) is 5.40. The van der Waals surface area contributed by atoms with Gasteiger partial charge in [0.25, 0.3) is 0 Å². The Morgan fingerprint density at radius 3 is 2.87 bits per heavy atom. The third-order valence-corrected chi connectivity index (χ3v) is 4.03. The first kappa shape index (κ1) is 11.7. The normalized spacial score (nSPS) is 17.8. The fourth-order valence-electron chi connectivity index (χ4n) is 1.93. The summed E-state index contributed by atoms with van der Waals surface area (Å²) in [5.41, 5.74) is 1.37. The molecule has 2 rings (SSSR count). The Bertz CT molecular complexity index is 349. The molecule has 0 bridgehead atoms. The van der Waals surface area contributed by atoms with Crippen LogP contribution in [0.4, 0.5) is 0 Å². The molecule has 0 spiro atoms. The van der Waals surface area contributed by atoms with E-state index in [1.165, 1.54) is 22.0 Å². The van der Waals surface area contributed by atoms with Crippen LogP contribution in [-0.2, 0) is 0 Å². The van der Waals surface area contributed by atoms with Gasteiger partial charge in [-0.25, -0.2) is 0 Å². The van der Waals surface area contributed by atoms with Gasteiger partial charge in [-0.2, -0.15) is 0 Å². The highest BCUT2D eigenvalue weighted by Gasteiger charge is 2.32. The van der Waals surface area contributed by atoms with E-state index in [2.05, 4.69) is 47.0 Å². The van der Waals surface area contributed by atoms with Gasteiger partial charge in [-0.3, -0.25) is 0 Å². The van der Waals surface area contributed by atoms with Gasteiger partial charge in [-0.1, -0.05) is 18.5 Å². The second-order valence-corrected chi connectivity index (χ2v) is 5.64. The highest BCUT2D eigenvalue weighted by atomic mass is 127. The Morgan fingerprint density at radius 2 is 2.27 bits per heavy atom. The van der Waals surface area contributed by atoms with Gasteiger partial charge in [-0.15, -0.1) is 0 Å². The molecule has 1 fully saturated rings. The van der Waals surface area contributed by atoms with E-state index in [1.807, 2.05) is 6.07 Å². The minimum Gasteiger partial charge on any atom is -0.310 e. The van der Waals surface area contributed by atoms with Gasteiger partial charge in [-0.05, 0) is 71.7 Å². The van der Waals surface area contributed by atoms with E-state index in [-0.39, 0.29) is 0 Å². The number of hydrogen-bond donors (Lipinski definition) is 1. The highest BCUT2D eigenvalue weighted by Crippen LogP contribution is 2.42. The van der Waals surface area contributed by atoms with E-state index in [0.717, 1.165) is 17.5 Å². The van der Waals surface area contributed by atoms with Crippen LogP contribution in [0, 0.1) is 9.49 Å². The van der Waals surface area contributed by atoms with Crippen LogP contribution in [0.1, 0.15) is 31.4 Å². The average Bonchev–Trinajstić information content (AvgIpc) is 3.02. The van der Waals surface area contributed by atoms with Crippen molar-refractivity contribution in [3.05, 3.63) is 32.4 Å². The maximum absolute atomic E-state index is 6.06. The lowest BCUT2D eigenvalue weighted by Crippen LogP contribution is -2.23. The van der Waals surface area contributed by atoms with Crippen LogP contribution in [0.5, 0.6) is 0 Å². The average molecular weight is 336 g/mol. The summed E-state index contributed by atoms with van der Waals surface area (Å²) in [5, 5.41) is 4.41. The van der Waals surface area contributed by atoms with Crippen molar-refractivity contribution in [2.45, 2.75) is 25.8 Å². The first-order valence-corrected chi connectivity index (χ1v) is 6.86. The smallest absolute Gasteiger partial charge is 0.0410 e. The van der Waals surface area contributed by atoms with Gasteiger partial charge in [0.1, 0.15) is 0 Å². The lowest BCUT2D eigenvalue weighted by Gasteiger charge is -2.19. The van der Waals surface area contributed by atoms with E-state index >= 15 is 0 Å². The van der Waals surface area contributed by atoms with Crippen LogP contribution in [0.3, 0.4) is 0 Å². The Balaban J connectivity index is 2.27. The van der Waals surface area contributed by atoms with Crippen LogP contribution in [-0.4, -0.2) is 6.54 Å². The maximum Gasteiger partial charge on any atom is 0.0410 e. The molecule has 1 aromatic rings. The molecule has 0 aromatic heterocycles. The number of benzene rings is 1. The molecule has 1 saturated carbocycles. The fraction of sp³-hybridized carbons (Fsp3) is 0.500. The van der Waals surface area contributed by atoms with Crippen LogP contribution >= 0.6 is 34.2 Å². The SMILES string of the molecule is CCNC(c1cc(Cl)ccc1I)C1CC1. The summed E-state index contributed by atoms with van der Waals surface area (Å²) in [5.74, 6) is 0.817. The Morgan fingerprint density at radius 1 is 1.53 bits per heavy atom. The third-order valence-electron chi connectivity index (χ3n) is 2.81. The molecular weight excluding hydrogens is 320 g/mol. The second kappa shape index (κ2) is 5.02. The maximum atomic E-state index is 6.06. The van der Waals surface area contributed by atoms with Crippen molar-refractivity contribution in [2.75, 3.05) is 6.54 Å². The van der Waals surface area contributed by atoms with Crippen molar-refractivity contribution >= 4 is 34.2 Å². The summed E-state index contributed by atoms with van der Waals surface area (Å²) in [6, 6.07) is 6.67. The lowest BCUT2D eigenvalue weighted by atomic mass is 10.0. The second-order valence-electron chi connectivity index (χ2n) is 4.04. The zero-order chi connectivity index (χ0) is 10.8. The van der Waals surface area contributed by atoms with E-state index in [4.69, 9.17) is 11.6 Å². The van der Waals surface area contributed by atoms with Gasteiger partial charge >= 0.3 is 0 Å². The molecule has 1 atom stereocenters. The molecule has 0 heterocycles. The molecule has 1 aliphatic carbocycles. The minimum absolute atomic E-state index is 0.501. The van der Waals surface area contributed by atoms with Crippen molar-refractivity contribution in [1.82, 2.24) is 5.32 Å². The number of hydrogen-bond acceptors (Lipinski definition) is 1. The zero-order valence-corrected chi connectivity index (χ0v) is 11.7. The van der Waals surface area contributed by atoms with Crippen molar-refractivity contribution in [2.24, 2.45) is 5.92 Å². The standard InChI is InChI=1S/C12H15ClIN/c1-2-15-12(8-3-4-8)10-7-9(13)5-6-11(10)14/h5-8,12,15H,2-4H2,1H3. The van der Waals surface area contributed by atoms with Crippen molar-refractivity contribution in [1.29, 1.82) is 0 Å².